The highest BCUT2D eigenvalue weighted by Crippen LogP contribution is 2.44. The molecule has 2 aliphatic rings. The Balaban J connectivity index is 1.42. The molecule has 0 spiro atoms. The van der Waals surface area contributed by atoms with Gasteiger partial charge in [0.1, 0.15) is 17.7 Å². The van der Waals surface area contributed by atoms with E-state index in [1.54, 1.807) is 26.8 Å². The van der Waals surface area contributed by atoms with Crippen molar-refractivity contribution in [2.24, 2.45) is 5.92 Å². The van der Waals surface area contributed by atoms with Crippen LogP contribution < -0.4 is 4.74 Å². The molecule has 0 aromatic heterocycles. The molecule has 40 heavy (non-hydrogen) atoms. The number of carbonyl (C=O) groups is 2. The summed E-state index contributed by atoms with van der Waals surface area (Å²) >= 11 is 0. The fourth-order valence-electron chi connectivity index (χ4n) is 6.16. The summed E-state index contributed by atoms with van der Waals surface area (Å²) in [4.78, 5) is 28.8. The maximum Gasteiger partial charge on any atom is 0.411 e. The van der Waals surface area contributed by atoms with Crippen LogP contribution in [-0.2, 0) is 26.2 Å². The first-order valence-corrected chi connectivity index (χ1v) is 14.2. The van der Waals surface area contributed by atoms with E-state index in [2.05, 4.69) is 43.3 Å². The van der Waals surface area contributed by atoms with Crippen molar-refractivity contribution in [3.05, 3.63) is 65.5 Å². The minimum Gasteiger partial charge on any atom is -0.485 e. The van der Waals surface area contributed by atoms with Crippen molar-refractivity contribution in [3.8, 4) is 5.75 Å². The smallest absolute Gasteiger partial charge is 0.411 e. The molecule has 1 saturated heterocycles. The average Bonchev–Trinajstić information content (AvgIpc) is 3.34. The molecule has 4 rings (SSSR count). The van der Waals surface area contributed by atoms with Crippen LogP contribution in [0.3, 0.4) is 0 Å². The molecule has 2 aromatic carbocycles. The molecule has 1 heterocycles. The van der Waals surface area contributed by atoms with Gasteiger partial charge in [0, 0.05) is 12.0 Å². The van der Waals surface area contributed by atoms with Crippen molar-refractivity contribution < 1.29 is 28.2 Å². The zero-order chi connectivity index (χ0) is 29.1. The van der Waals surface area contributed by atoms with Gasteiger partial charge in [-0.2, -0.15) is 0 Å². The Morgan fingerprint density at radius 2 is 1.73 bits per heavy atom. The van der Waals surface area contributed by atoms with Gasteiger partial charge in [0.2, 0.25) is 0 Å². The first-order chi connectivity index (χ1) is 18.9. The lowest BCUT2D eigenvalue weighted by Gasteiger charge is -2.45. The largest absolute Gasteiger partial charge is 0.485 e. The lowest BCUT2D eigenvalue weighted by atomic mass is 9.70. The van der Waals surface area contributed by atoms with E-state index in [1.165, 1.54) is 17.6 Å². The van der Waals surface area contributed by atoms with Crippen molar-refractivity contribution in [2.75, 3.05) is 27.7 Å². The molecule has 1 aliphatic heterocycles. The molecule has 2 aromatic rings. The number of rotatable bonds is 7. The minimum atomic E-state index is -0.847. The number of likely N-dealkylation sites (tertiary alicyclic amines) is 1. The third-order valence-electron chi connectivity index (χ3n) is 8.31. The Bertz CT molecular complexity index is 1170. The van der Waals surface area contributed by atoms with Crippen LogP contribution in [-0.4, -0.2) is 67.4 Å². The summed E-state index contributed by atoms with van der Waals surface area (Å²) in [5, 5.41) is 0. The third kappa shape index (κ3) is 6.60. The van der Waals surface area contributed by atoms with Gasteiger partial charge in [-0.05, 0) is 90.1 Å². The minimum absolute atomic E-state index is 0.0000711. The van der Waals surface area contributed by atoms with E-state index in [4.69, 9.17) is 14.2 Å². The molecule has 218 valence electrons. The van der Waals surface area contributed by atoms with Crippen LogP contribution >= 0.6 is 0 Å². The monoisotopic (exact) mass is 554 g/mol. The van der Waals surface area contributed by atoms with Gasteiger partial charge in [-0.15, -0.1) is 0 Å². The van der Waals surface area contributed by atoms with Crippen LogP contribution in [0.2, 0.25) is 0 Å². The van der Waals surface area contributed by atoms with Gasteiger partial charge >= 0.3 is 12.1 Å². The second-order valence-electron chi connectivity index (χ2n) is 12.3. The van der Waals surface area contributed by atoms with Crippen LogP contribution in [0.15, 0.2) is 48.5 Å². The first kappa shape index (κ1) is 29.8. The van der Waals surface area contributed by atoms with E-state index in [9.17, 15) is 9.59 Å². The molecule has 1 saturated carbocycles. The van der Waals surface area contributed by atoms with Crippen LogP contribution in [0.25, 0.3) is 0 Å². The number of hydrogen-bond acceptors (Lipinski definition) is 6. The number of methoxy groups -OCH3 is 1. The van der Waals surface area contributed by atoms with E-state index in [0.717, 1.165) is 25.7 Å². The number of benzene rings is 2. The average molecular weight is 555 g/mol. The Labute approximate surface area is 237 Å². The topological polar surface area (TPSA) is 68.3 Å². The van der Waals surface area contributed by atoms with Crippen molar-refractivity contribution in [3.63, 3.8) is 0 Å². The number of nitrogens with zero attached hydrogens (tertiary/aromatic N) is 2. The van der Waals surface area contributed by atoms with Crippen LogP contribution in [0.1, 0.15) is 64.0 Å². The summed E-state index contributed by atoms with van der Waals surface area (Å²) in [5.41, 5.74) is 1.25. The van der Waals surface area contributed by atoms with Gasteiger partial charge in [-0.3, -0.25) is 9.80 Å². The molecule has 8 heteroatoms. The number of esters is 1. The van der Waals surface area contributed by atoms with E-state index in [1.807, 2.05) is 18.2 Å². The summed E-state index contributed by atoms with van der Waals surface area (Å²) in [6.07, 6.45) is 3.70. The quantitative estimate of drug-likeness (QED) is 0.395. The highest BCUT2D eigenvalue weighted by molar-refractivity contribution is 5.82. The second kappa shape index (κ2) is 12.2. The predicted molar refractivity (Wildman–Crippen MR) is 152 cm³/mol. The highest BCUT2D eigenvalue weighted by atomic mass is 19.1. The molecule has 0 bridgehead atoms. The van der Waals surface area contributed by atoms with Crippen molar-refractivity contribution in [2.45, 2.75) is 82.6 Å². The molecule has 1 aliphatic carbocycles. The van der Waals surface area contributed by atoms with Crippen LogP contribution in [0.5, 0.6) is 5.75 Å². The molecular formula is C32H43FN2O5. The number of halogens is 1. The number of ether oxygens (including phenoxy) is 3. The first-order valence-electron chi connectivity index (χ1n) is 14.2. The summed E-state index contributed by atoms with van der Waals surface area (Å²) < 4.78 is 32.1. The Kier molecular flexibility index (Phi) is 9.08. The lowest BCUT2D eigenvalue weighted by Crippen LogP contribution is -2.44. The Morgan fingerprint density at radius 3 is 2.33 bits per heavy atom. The maximum absolute atomic E-state index is 15.7. The molecular weight excluding hydrogens is 511 g/mol. The zero-order valence-corrected chi connectivity index (χ0v) is 24.6. The van der Waals surface area contributed by atoms with E-state index >= 15 is 4.39 Å². The maximum atomic E-state index is 15.7. The fourth-order valence-corrected chi connectivity index (χ4v) is 6.16. The second-order valence-corrected chi connectivity index (χ2v) is 12.3. The Morgan fingerprint density at radius 1 is 1.05 bits per heavy atom. The standard InChI is InChI=1S/C32H43FN2O5/c1-31(2,3)40-30(37)35-21-25(20-26(35)29(36)38-6)39-27-14-10-11-23(28(27)33)19-22-15-17-32(18-16-22,34(4)5)24-12-8-7-9-13-24/h7-14,22,25-26H,15-21H2,1-6H3/t22-,25-,26-,32-/m0/s1. The van der Waals surface area contributed by atoms with E-state index < -0.39 is 29.8 Å². The molecule has 2 fully saturated rings. The highest BCUT2D eigenvalue weighted by Gasteiger charge is 2.44. The molecule has 0 radical (unpaired) electrons. The van der Waals surface area contributed by atoms with Gasteiger partial charge in [0.05, 0.1) is 13.7 Å². The number of carbonyl (C=O) groups excluding carboxylic acids is 2. The summed E-state index contributed by atoms with van der Waals surface area (Å²) in [7, 11) is 5.57. The van der Waals surface area contributed by atoms with Gasteiger partial charge in [-0.1, -0.05) is 42.5 Å². The lowest BCUT2D eigenvalue weighted by molar-refractivity contribution is -0.145. The summed E-state index contributed by atoms with van der Waals surface area (Å²) in [6, 6.07) is 15.0. The predicted octanol–water partition coefficient (Wildman–Crippen LogP) is 5.95. The molecule has 7 nitrogen and oxygen atoms in total. The van der Waals surface area contributed by atoms with E-state index in [-0.39, 0.29) is 30.1 Å². The van der Waals surface area contributed by atoms with Gasteiger partial charge in [-0.25, -0.2) is 14.0 Å². The van der Waals surface area contributed by atoms with Crippen LogP contribution in [0, 0.1) is 11.7 Å². The normalized spacial score (nSPS) is 25.1. The third-order valence-corrected chi connectivity index (χ3v) is 8.31. The molecule has 1 amide bonds. The zero-order valence-electron chi connectivity index (χ0n) is 24.6. The molecule has 0 unspecified atom stereocenters. The Hall–Kier alpha value is -3.13. The number of hydrogen-bond donors (Lipinski definition) is 0. The van der Waals surface area contributed by atoms with Gasteiger partial charge < -0.3 is 14.2 Å². The van der Waals surface area contributed by atoms with Crippen molar-refractivity contribution >= 4 is 12.1 Å². The fraction of sp³-hybridized carbons (Fsp3) is 0.562. The van der Waals surface area contributed by atoms with Gasteiger partial charge in [0.15, 0.2) is 11.6 Å². The van der Waals surface area contributed by atoms with Crippen LogP contribution in [0.4, 0.5) is 9.18 Å². The van der Waals surface area contributed by atoms with Crippen molar-refractivity contribution in [1.29, 1.82) is 0 Å². The molecule has 0 N–H and O–H groups in total. The number of amides is 1. The summed E-state index contributed by atoms with van der Waals surface area (Å²) in [5.74, 6) is -0.410. The van der Waals surface area contributed by atoms with Gasteiger partial charge in [0.25, 0.3) is 0 Å². The summed E-state index contributed by atoms with van der Waals surface area (Å²) in [6.45, 7) is 5.39. The molecule has 2 atom stereocenters. The van der Waals surface area contributed by atoms with Crippen molar-refractivity contribution in [1.82, 2.24) is 9.80 Å². The van der Waals surface area contributed by atoms with E-state index in [0.29, 0.717) is 17.9 Å². The SMILES string of the molecule is COC(=O)[C@@H]1C[C@H](Oc2cccc(C[C@H]3CC[C@](c4ccccc4)(N(C)C)CC3)c2F)CN1C(=O)OC(C)(C)C.